The van der Waals surface area contributed by atoms with Crippen molar-refractivity contribution in [2.45, 2.75) is 13.3 Å². The fraction of sp³-hybridized carbons (Fsp3) is 0.385. The summed E-state index contributed by atoms with van der Waals surface area (Å²) in [6.07, 6.45) is 0.331. The monoisotopic (exact) mass is 344 g/mol. The lowest BCUT2D eigenvalue weighted by Gasteiger charge is -2.22. The Morgan fingerprint density at radius 3 is 2.79 bits per heavy atom. The van der Waals surface area contributed by atoms with Gasteiger partial charge in [0.1, 0.15) is 4.99 Å². The standard InChI is InChI=1S/C13H17BrN2O2S/c1-3-18-12(17)6-7-16(2)11-5-4-9(14)8-10(11)13(15)19/h4-5,8H,3,6-7H2,1-2H3,(H2,15,19). The Morgan fingerprint density at radius 1 is 1.53 bits per heavy atom. The summed E-state index contributed by atoms with van der Waals surface area (Å²) in [6.45, 7) is 2.75. The number of thiocarbonyl (C=S) groups is 1. The van der Waals surface area contributed by atoms with Gasteiger partial charge in [-0.15, -0.1) is 0 Å². The van der Waals surface area contributed by atoms with Crippen LogP contribution in [-0.2, 0) is 9.53 Å². The molecule has 0 spiro atoms. The number of esters is 1. The summed E-state index contributed by atoms with van der Waals surface area (Å²) < 4.78 is 5.82. The van der Waals surface area contributed by atoms with Crippen LogP contribution in [0.25, 0.3) is 0 Å². The average Bonchev–Trinajstić information content (AvgIpc) is 2.36. The van der Waals surface area contributed by atoms with Crippen molar-refractivity contribution < 1.29 is 9.53 Å². The van der Waals surface area contributed by atoms with E-state index in [1.54, 1.807) is 6.92 Å². The van der Waals surface area contributed by atoms with Crippen molar-refractivity contribution in [1.29, 1.82) is 0 Å². The van der Waals surface area contributed by atoms with E-state index >= 15 is 0 Å². The number of nitrogens with zero attached hydrogens (tertiary/aromatic N) is 1. The molecule has 6 heteroatoms. The van der Waals surface area contributed by atoms with Crippen LogP contribution in [-0.4, -0.2) is 31.2 Å². The molecule has 1 aromatic carbocycles. The van der Waals surface area contributed by atoms with Gasteiger partial charge in [-0.25, -0.2) is 0 Å². The molecule has 1 aromatic rings. The molecule has 0 aliphatic rings. The maximum Gasteiger partial charge on any atom is 0.307 e. The van der Waals surface area contributed by atoms with Crippen molar-refractivity contribution >= 4 is 44.8 Å². The summed E-state index contributed by atoms with van der Waals surface area (Å²) in [5.41, 5.74) is 7.41. The molecular weight excluding hydrogens is 328 g/mol. The molecule has 0 amide bonds. The van der Waals surface area contributed by atoms with Crippen molar-refractivity contribution in [2.75, 3.05) is 25.1 Å². The normalized spacial score (nSPS) is 10.1. The van der Waals surface area contributed by atoms with Gasteiger partial charge in [0, 0.05) is 29.3 Å². The molecule has 0 saturated carbocycles. The van der Waals surface area contributed by atoms with Crippen molar-refractivity contribution in [2.24, 2.45) is 5.73 Å². The second kappa shape index (κ2) is 7.45. The SMILES string of the molecule is CCOC(=O)CCN(C)c1ccc(Br)cc1C(N)=S. The Morgan fingerprint density at radius 2 is 2.21 bits per heavy atom. The molecule has 2 N–H and O–H groups in total. The molecule has 0 aliphatic carbocycles. The fourth-order valence-electron chi connectivity index (χ4n) is 1.65. The zero-order valence-electron chi connectivity index (χ0n) is 11.0. The summed E-state index contributed by atoms with van der Waals surface area (Å²) in [7, 11) is 1.89. The number of rotatable bonds is 6. The molecule has 0 atom stereocenters. The van der Waals surface area contributed by atoms with E-state index in [2.05, 4.69) is 15.9 Å². The Bertz CT molecular complexity index is 480. The molecule has 1 rings (SSSR count). The van der Waals surface area contributed by atoms with Crippen LogP contribution in [0.15, 0.2) is 22.7 Å². The number of benzene rings is 1. The second-order valence-corrected chi connectivity index (χ2v) is 5.36. The molecule has 0 saturated heterocycles. The van der Waals surface area contributed by atoms with E-state index in [0.717, 1.165) is 15.7 Å². The van der Waals surface area contributed by atoms with E-state index in [9.17, 15) is 4.79 Å². The Hall–Kier alpha value is -1.14. The molecule has 0 bridgehead atoms. The molecule has 4 nitrogen and oxygen atoms in total. The fourth-order valence-corrected chi connectivity index (χ4v) is 2.18. The smallest absolute Gasteiger partial charge is 0.307 e. The van der Waals surface area contributed by atoms with E-state index in [1.165, 1.54) is 0 Å². The van der Waals surface area contributed by atoms with Crippen molar-refractivity contribution in [3.63, 3.8) is 0 Å². The van der Waals surface area contributed by atoms with Gasteiger partial charge >= 0.3 is 5.97 Å². The first-order chi connectivity index (χ1) is 8.95. The third-order valence-electron chi connectivity index (χ3n) is 2.59. The highest BCUT2D eigenvalue weighted by Gasteiger charge is 2.12. The number of hydrogen-bond acceptors (Lipinski definition) is 4. The molecule has 0 unspecified atom stereocenters. The lowest BCUT2D eigenvalue weighted by molar-refractivity contribution is -0.142. The largest absolute Gasteiger partial charge is 0.466 e. The van der Waals surface area contributed by atoms with E-state index < -0.39 is 0 Å². The summed E-state index contributed by atoms with van der Waals surface area (Å²) in [5, 5.41) is 0. The van der Waals surface area contributed by atoms with Crippen molar-refractivity contribution in [3.05, 3.63) is 28.2 Å². The first-order valence-electron chi connectivity index (χ1n) is 5.91. The molecule has 0 aliphatic heterocycles. The summed E-state index contributed by atoms with van der Waals surface area (Å²) in [4.78, 5) is 13.6. The van der Waals surface area contributed by atoms with Crippen LogP contribution in [0.1, 0.15) is 18.9 Å². The van der Waals surface area contributed by atoms with Gasteiger partial charge in [0.15, 0.2) is 0 Å². The molecule has 0 heterocycles. The van der Waals surface area contributed by atoms with Crippen LogP contribution < -0.4 is 10.6 Å². The van der Waals surface area contributed by atoms with Gasteiger partial charge in [-0.1, -0.05) is 28.1 Å². The Kier molecular flexibility index (Phi) is 6.24. The molecule has 0 radical (unpaired) electrons. The van der Waals surface area contributed by atoms with Crippen LogP contribution in [0.5, 0.6) is 0 Å². The van der Waals surface area contributed by atoms with Gasteiger partial charge in [-0.05, 0) is 25.1 Å². The van der Waals surface area contributed by atoms with Gasteiger partial charge in [-0.2, -0.15) is 0 Å². The predicted molar refractivity (Wildman–Crippen MR) is 84.5 cm³/mol. The van der Waals surface area contributed by atoms with Gasteiger partial charge in [-0.3, -0.25) is 4.79 Å². The number of hydrogen-bond donors (Lipinski definition) is 1. The highest BCUT2D eigenvalue weighted by Crippen LogP contribution is 2.24. The number of carbonyl (C=O) groups is 1. The minimum absolute atomic E-state index is 0.205. The van der Waals surface area contributed by atoms with Gasteiger partial charge in [0.05, 0.1) is 13.0 Å². The Labute approximate surface area is 127 Å². The molecule has 0 aromatic heterocycles. The zero-order valence-corrected chi connectivity index (χ0v) is 13.4. The molecular formula is C13H17BrN2O2S. The first kappa shape index (κ1) is 15.9. The highest BCUT2D eigenvalue weighted by molar-refractivity contribution is 9.10. The first-order valence-corrected chi connectivity index (χ1v) is 7.12. The highest BCUT2D eigenvalue weighted by atomic mass is 79.9. The summed E-state index contributed by atoms with van der Waals surface area (Å²) in [5.74, 6) is -0.205. The third-order valence-corrected chi connectivity index (χ3v) is 3.31. The molecule has 0 fully saturated rings. The van der Waals surface area contributed by atoms with Crippen molar-refractivity contribution in [3.8, 4) is 0 Å². The average molecular weight is 345 g/mol. The zero-order chi connectivity index (χ0) is 14.4. The molecule has 104 valence electrons. The minimum atomic E-state index is -0.205. The van der Waals surface area contributed by atoms with Gasteiger partial charge in [0.2, 0.25) is 0 Å². The summed E-state index contributed by atoms with van der Waals surface area (Å²) >= 11 is 8.43. The van der Waals surface area contributed by atoms with E-state index in [-0.39, 0.29) is 5.97 Å². The number of anilines is 1. The lowest BCUT2D eigenvalue weighted by atomic mass is 10.1. The lowest BCUT2D eigenvalue weighted by Crippen LogP contribution is -2.25. The number of ether oxygens (including phenoxy) is 1. The third kappa shape index (κ3) is 4.80. The number of halogens is 1. The van der Waals surface area contributed by atoms with E-state index in [1.807, 2.05) is 30.1 Å². The van der Waals surface area contributed by atoms with E-state index in [4.69, 9.17) is 22.7 Å². The van der Waals surface area contributed by atoms with Crippen LogP contribution >= 0.6 is 28.1 Å². The summed E-state index contributed by atoms with van der Waals surface area (Å²) in [6, 6.07) is 5.71. The topological polar surface area (TPSA) is 55.6 Å². The van der Waals surface area contributed by atoms with E-state index in [0.29, 0.717) is 24.6 Å². The molecule has 19 heavy (non-hydrogen) atoms. The Balaban J connectivity index is 2.79. The maximum absolute atomic E-state index is 11.3. The predicted octanol–water partition coefficient (Wildman–Crippen LogP) is 2.47. The number of carbonyl (C=O) groups excluding carboxylic acids is 1. The van der Waals surface area contributed by atoms with Crippen LogP contribution in [0.2, 0.25) is 0 Å². The van der Waals surface area contributed by atoms with Gasteiger partial charge < -0.3 is 15.4 Å². The van der Waals surface area contributed by atoms with Crippen LogP contribution in [0, 0.1) is 0 Å². The van der Waals surface area contributed by atoms with Crippen molar-refractivity contribution in [1.82, 2.24) is 0 Å². The van der Waals surface area contributed by atoms with Gasteiger partial charge in [0.25, 0.3) is 0 Å². The minimum Gasteiger partial charge on any atom is -0.466 e. The van der Waals surface area contributed by atoms with Crippen LogP contribution in [0.3, 0.4) is 0 Å². The maximum atomic E-state index is 11.3. The number of nitrogens with two attached hydrogens (primary N) is 1. The second-order valence-electron chi connectivity index (χ2n) is 4.00. The quantitative estimate of drug-likeness (QED) is 0.634. The van der Waals surface area contributed by atoms with Crippen LogP contribution in [0.4, 0.5) is 5.69 Å².